The van der Waals surface area contributed by atoms with Gasteiger partial charge in [0.1, 0.15) is 0 Å². The molecule has 0 bridgehead atoms. The van der Waals surface area contributed by atoms with E-state index in [0.717, 1.165) is 6.07 Å². The molecule has 2 rings (SSSR count). The van der Waals surface area contributed by atoms with E-state index in [-0.39, 0.29) is 29.9 Å². The van der Waals surface area contributed by atoms with Crippen LogP contribution in [-0.2, 0) is 4.79 Å². The Morgan fingerprint density at radius 1 is 1.37 bits per heavy atom. The molecule has 4 nitrogen and oxygen atoms in total. The molecule has 1 saturated heterocycles. The second-order valence-electron chi connectivity index (χ2n) is 4.98. The fourth-order valence-corrected chi connectivity index (χ4v) is 2.50. The molecule has 1 amide bonds. The van der Waals surface area contributed by atoms with Crippen LogP contribution in [-0.4, -0.2) is 18.5 Å². The quantitative estimate of drug-likeness (QED) is 0.802. The van der Waals surface area contributed by atoms with E-state index in [2.05, 4.69) is 0 Å². The second-order valence-corrected chi connectivity index (χ2v) is 4.98. The lowest BCUT2D eigenvalue weighted by atomic mass is 9.92. The van der Waals surface area contributed by atoms with Gasteiger partial charge in [-0.05, 0) is 31.9 Å². The molecule has 19 heavy (non-hydrogen) atoms. The first kappa shape index (κ1) is 13.6. The van der Waals surface area contributed by atoms with Gasteiger partial charge in [0.2, 0.25) is 5.91 Å². The van der Waals surface area contributed by atoms with Crippen molar-refractivity contribution in [3.05, 3.63) is 23.8 Å². The molecule has 0 spiro atoms. The van der Waals surface area contributed by atoms with E-state index >= 15 is 0 Å². The summed E-state index contributed by atoms with van der Waals surface area (Å²) in [4.78, 5) is 12.9. The molecule has 0 aromatic heterocycles. The largest absolute Gasteiger partial charge is 0.397 e. The van der Waals surface area contributed by atoms with E-state index < -0.39 is 17.5 Å². The van der Waals surface area contributed by atoms with E-state index in [0.29, 0.717) is 12.8 Å². The third kappa shape index (κ3) is 2.47. The zero-order chi connectivity index (χ0) is 14.2. The van der Waals surface area contributed by atoms with Crippen LogP contribution in [0.3, 0.4) is 0 Å². The number of nitrogen functional groups attached to an aromatic ring is 1. The first-order valence-electron chi connectivity index (χ1n) is 6.21. The molecule has 4 N–H and O–H groups in total. The number of hydrogen-bond donors (Lipinski definition) is 2. The molecule has 1 fully saturated rings. The molecule has 104 valence electrons. The maximum Gasteiger partial charge on any atom is 0.222 e. The molecule has 2 unspecified atom stereocenters. The molecule has 1 aromatic rings. The predicted octanol–water partition coefficient (Wildman–Crippen LogP) is 1.64. The Morgan fingerprint density at radius 3 is 2.68 bits per heavy atom. The fraction of sp³-hybridized carbons (Fsp3) is 0.462. The number of amides is 1. The molecular formula is C13H17F2N3O. The van der Waals surface area contributed by atoms with Gasteiger partial charge in [0, 0.05) is 12.6 Å². The molecule has 2 atom stereocenters. The van der Waals surface area contributed by atoms with Gasteiger partial charge in [0.25, 0.3) is 0 Å². The van der Waals surface area contributed by atoms with Gasteiger partial charge in [-0.3, -0.25) is 4.79 Å². The van der Waals surface area contributed by atoms with E-state index in [1.807, 2.05) is 6.92 Å². The van der Waals surface area contributed by atoms with Crippen LogP contribution in [0.15, 0.2) is 12.1 Å². The van der Waals surface area contributed by atoms with Crippen LogP contribution < -0.4 is 16.4 Å². The highest BCUT2D eigenvalue weighted by Gasteiger charge is 2.31. The zero-order valence-electron chi connectivity index (χ0n) is 10.7. The first-order valence-corrected chi connectivity index (χ1v) is 6.21. The van der Waals surface area contributed by atoms with Gasteiger partial charge in [-0.1, -0.05) is 0 Å². The van der Waals surface area contributed by atoms with Crippen molar-refractivity contribution in [2.24, 2.45) is 11.7 Å². The van der Waals surface area contributed by atoms with Gasteiger partial charge >= 0.3 is 0 Å². The number of benzene rings is 1. The molecular weight excluding hydrogens is 252 g/mol. The lowest BCUT2D eigenvalue weighted by Gasteiger charge is -2.39. The summed E-state index contributed by atoms with van der Waals surface area (Å²) in [6.07, 6.45) is 1.34. The first-order chi connectivity index (χ1) is 8.91. The molecule has 1 aliphatic rings. The highest BCUT2D eigenvalue weighted by molar-refractivity contribution is 5.78. The third-order valence-electron chi connectivity index (χ3n) is 3.67. The normalized spacial score (nSPS) is 23.4. The number of nitrogens with two attached hydrogens (primary N) is 2. The van der Waals surface area contributed by atoms with Crippen LogP contribution >= 0.6 is 0 Å². The monoisotopic (exact) mass is 269 g/mol. The lowest BCUT2D eigenvalue weighted by molar-refractivity contribution is -0.122. The number of rotatable bonds is 2. The number of anilines is 2. The van der Waals surface area contributed by atoms with Crippen molar-refractivity contribution in [2.45, 2.75) is 25.8 Å². The SMILES string of the molecule is CC1CCC(C(N)=O)CN1c1c(N)ccc(F)c1F. The smallest absolute Gasteiger partial charge is 0.222 e. The Bertz CT molecular complexity index is 507. The molecule has 1 aliphatic heterocycles. The van der Waals surface area contributed by atoms with E-state index in [9.17, 15) is 13.6 Å². The van der Waals surface area contributed by atoms with Crippen LogP contribution in [0.5, 0.6) is 0 Å². The van der Waals surface area contributed by atoms with Crippen LogP contribution in [0.2, 0.25) is 0 Å². The Labute approximate surface area is 110 Å². The van der Waals surface area contributed by atoms with Gasteiger partial charge in [0.05, 0.1) is 17.3 Å². The molecule has 0 aliphatic carbocycles. The number of piperidine rings is 1. The fourth-order valence-electron chi connectivity index (χ4n) is 2.50. The molecule has 0 saturated carbocycles. The van der Waals surface area contributed by atoms with Crippen molar-refractivity contribution >= 4 is 17.3 Å². The maximum absolute atomic E-state index is 13.9. The minimum absolute atomic E-state index is 0.0193. The summed E-state index contributed by atoms with van der Waals surface area (Å²) < 4.78 is 27.3. The standard InChI is InChI=1S/C13H17F2N3O/c1-7-2-3-8(13(17)19)6-18(7)12-10(16)5-4-9(14)11(12)15/h4-5,7-8H,2-3,6,16H2,1H3,(H2,17,19). The number of halogens is 2. The lowest BCUT2D eigenvalue weighted by Crippen LogP contribution is -2.46. The Morgan fingerprint density at radius 2 is 2.05 bits per heavy atom. The minimum atomic E-state index is -0.975. The van der Waals surface area contributed by atoms with Crippen LogP contribution in [0.1, 0.15) is 19.8 Å². The van der Waals surface area contributed by atoms with Crippen LogP contribution in [0.4, 0.5) is 20.2 Å². The van der Waals surface area contributed by atoms with E-state index in [1.165, 1.54) is 6.07 Å². The van der Waals surface area contributed by atoms with Gasteiger partial charge in [-0.25, -0.2) is 8.78 Å². The van der Waals surface area contributed by atoms with Crippen molar-refractivity contribution in [1.29, 1.82) is 0 Å². The van der Waals surface area contributed by atoms with Gasteiger partial charge in [0.15, 0.2) is 11.6 Å². The summed E-state index contributed by atoms with van der Waals surface area (Å²) in [6, 6.07) is 2.30. The van der Waals surface area contributed by atoms with Gasteiger partial charge in [-0.2, -0.15) is 0 Å². The molecule has 1 heterocycles. The molecule has 1 aromatic carbocycles. The Balaban J connectivity index is 2.39. The van der Waals surface area contributed by atoms with E-state index in [1.54, 1.807) is 4.90 Å². The summed E-state index contributed by atoms with van der Waals surface area (Å²) >= 11 is 0. The number of carbonyl (C=O) groups is 1. The Hall–Kier alpha value is -1.85. The van der Waals surface area contributed by atoms with Gasteiger partial charge < -0.3 is 16.4 Å². The minimum Gasteiger partial charge on any atom is -0.397 e. The van der Waals surface area contributed by atoms with E-state index in [4.69, 9.17) is 11.5 Å². The highest BCUT2D eigenvalue weighted by atomic mass is 19.2. The zero-order valence-corrected chi connectivity index (χ0v) is 10.7. The molecule has 0 radical (unpaired) electrons. The van der Waals surface area contributed by atoms with Crippen molar-refractivity contribution in [1.82, 2.24) is 0 Å². The summed E-state index contributed by atoms with van der Waals surface area (Å²) in [5, 5.41) is 0. The molecule has 6 heteroatoms. The summed E-state index contributed by atoms with van der Waals surface area (Å²) in [5.74, 6) is -2.71. The number of hydrogen-bond acceptors (Lipinski definition) is 3. The van der Waals surface area contributed by atoms with Crippen molar-refractivity contribution in [2.75, 3.05) is 17.2 Å². The topological polar surface area (TPSA) is 72.4 Å². The number of primary amides is 1. The Kier molecular flexibility index (Phi) is 3.59. The number of nitrogens with zero attached hydrogens (tertiary/aromatic N) is 1. The van der Waals surface area contributed by atoms with Crippen LogP contribution in [0.25, 0.3) is 0 Å². The van der Waals surface area contributed by atoms with Crippen molar-refractivity contribution in [3.8, 4) is 0 Å². The summed E-state index contributed by atoms with van der Waals surface area (Å²) in [7, 11) is 0. The highest BCUT2D eigenvalue weighted by Crippen LogP contribution is 2.34. The average Bonchev–Trinajstić information content (AvgIpc) is 2.36. The summed E-state index contributed by atoms with van der Waals surface area (Å²) in [5.41, 5.74) is 11.2. The second kappa shape index (κ2) is 5.03. The van der Waals surface area contributed by atoms with Crippen molar-refractivity contribution < 1.29 is 13.6 Å². The predicted molar refractivity (Wildman–Crippen MR) is 69.5 cm³/mol. The van der Waals surface area contributed by atoms with Crippen molar-refractivity contribution in [3.63, 3.8) is 0 Å². The average molecular weight is 269 g/mol. The maximum atomic E-state index is 13.9. The summed E-state index contributed by atoms with van der Waals surface area (Å²) in [6.45, 7) is 2.15. The number of carbonyl (C=O) groups excluding carboxylic acids is 1. The van der Waals surface area contributed by atoms with Crippen LogP contribution in [0, 0.1) is 17.6 Å². The van der Waals surface area contributed by atoms with Gasteiger partial charge in [-0.15, -0.1) is 0 Å². The third-order valence-corrected chi connectivity index (χ3v) is 3.67.